The third-order valence-corrected chi connectivity index (χ3v) is 17.6. The number of aliphatic hydroxyl groups is 1. The fourth-order valence-corrected chi connectivity index (χ4v) is 14.2. The first-order valence-electron chi connectivity index (χ1n) is 27.5. The Kier molecular flexibility index (Phi) is 17.6. The maximum Gasteiger partial charge on any atom is 0.407 e. The van der Waals surface area contributed by atoms with Crippen LogP contribution in [-0.2, 0) is 90.4 Å². The van der Waals surface area contributed by atoms with Crippen LogP contribution >= 0.6 is 0 Å². The molecule has 0 radical (unpaired) electrons. The average molecular weight is 1160 g/mol. The molecule has 21 atom stereocenters. The minimum Gasteiger partial charge on any atom is -0.507 e. The van der Waals surface area contributed by atoms with E-state index in [0.29, 0.717) is 23.9 Å². The Bertz CT molecular complexity index is 2790. The van der Waals surface area contributed by atoms with Crippen LogP contribution in [0.4, 0.5) is 4.79 Å². The van der Waals surface area contributed by atoms with E-state index >= 15 is 4.79 Å². The monoisotopic (exact) mass is 1150 g/mol. The van der Waals surface area contributed by atoms with Crippen molar-refractivity contribution in [2.75, 3.05) is 13.7 Å². The van der Waals surface area contributed by atoms with Gasteiger partial charge in [0.05, 0.1) is 37.8 Å². The van der Waals surface area contributed by atoms with Gasteiger partial charge < -0.3 is 62.5 Å². The van der Waals surface area contributed by atoms with Crippen molar-refractivity contribution >= 4 is 48.0 Å². The van der Waals surface area contributed by atoms with Crippen molar-refractivity contribution < 1.29 is 105 Å². The van der Waals surface area contributed by atoms with Crippen molar-refractivity contribution in [3.05, 3.63) is 68.5 Å². The number of amides is 1. The average Bonchev–Trinajstić information content (AvgIpc) is 2.68. The summed E-state index contributed by atoms with van der Waals surface area (Å²) in [5.74, 6) is -11.7. The van der Waals surface area contributed by atoms with Gasteiger partial charge >= 0.3 is 35.9 Å². The van der Waals surface area contributed by atoms with Crippen molar-refractivity contribution in [1.82, 2.24) is 5.32 Å². The number of hydrogen-bond donors (Lipinski definition) is 2. The number of nitrogens with zero attached hydrogens (tertiary/aromatic N) is 1. The Morgan fingerprint density at radius 3 is 2.17 bits per heavy atom. The maximum atomic E-state index is 16.2. The molecule has 8 aliphatic rings. The van der Waals surface area contributed by atoms with E-state index in [1.54, 1.807) is 26.8 Å². The second-order valence-electron chi connectivity index (χ2n) is 23.5. The van der Waals surface area contributed by atoms with Gasteiger partial charge in [-0.3, -0.25) is 43.6 Å². The summed E-state index contributed by atoms with van der Waals surface area (Å²) in [6.45, 7) is 17.7. The standard InChI is InChI=1S/C57H74N2O23/c1-25-14-17-38(77-41-22-54(10,59(69)70)48(29(5)73-41)58-53(68)71-13)26(2)19-37-39(74-31(7)62)20-34(23-60)21-57(37)50(66)42(51(67)81-57)49(65)55(11)36(25)16-15-35-43(55)27(3)18-28(4)44(35)79-56(12)80-47-46(76-33(9)64)45(75-32(8)63)40(24-72-30(6)61)78-52(47)82-56/h14-16,19-20,23,27-29,35-41,43-48,52,66H,17-18,21-22,24H2,1-13H3,(H,58,68)/b25-14+,26-19-/t27-,28-,29-,35-,36-,37+,38-,39-,40?,41-,43+,44-,45+,46?,47-,48?,52-,54?,55+,56?,57-/m0/s1. The summed E-state index contributed by atoms with van der Waals surface area (Å²) in [6.07, 6.45) is -4.02. The number of ether oxygens (including phenoxy) is 12. The lowest BCUT2D eigenvalue weighted by atomic mass is 9.48. The summed E-state index contributed by atoms with van der Waals surface area (Å²) in [6, 6.07) is -1.15. The van der Waals surface area contributed by atoms with Crippen molar-refractivity contribution in [2.24, 2.45) is 40.9 Å². The van der Waals surface area contributed by atoms with E-state index in [1.165, 1.54) is 26.8 Å². The normalized spacial score (nSPS) is 42.8. The zero-order valence-corrected chi connectivity index (χ0v) is 48.2. The molecule has 0 aromatic rings. The number of nitrogens with one attached hydrogen (secondary N) is 1. The maximum absolute atomic E-state index is 16.2. The highest BCUT2D eigenvalue weighted by Crippen LogP contribution is 2.60. The van der Waals surface area contributed by atoms with Gasteiger partial charge in [0.25, 0.3) is 5.97 Å². The summed E-state index contributed by atoms with van der Waals surface area (Å²) in [4.78, 5) is 118. The van der Waals surface area contributed by atoms with E-state index in [2.05, 4.69) is 5.32 Å². The van der Waals surface area contributed by atoms with Gasteiger partial charge in [0.2, 0.25) is 5.54 Å². The third kappa shape index (κ3) is 11.4. The molecule has 8 rings (SSSR count). The molecule has 25 nitrogen and oxygen atoms in total. The number of allylic oxidation sites excluding steroid dienone is 2. The second-order valence-corrected chi connectivity index (χ2v) is 23.5. The van der Waals surface area contributed by atoms with Crippen LogP contribution < -0.4 is 5.32 Å². The number of nitro groups is 1. The van der Waals surface area contributed by atoms with Crippen molar-refractivity contribution in [1.29, 1.82) is 0 Å². The number of esters is 5. The lowest BCUT2D eigenvalue weighted by Crippen LogP contribution is -2.65. The molecule has 2 bridgehead atoms. The number of hydrogen-bond acceptors (Lipinski definition) is 23. The Hall–Kier alpha value is -6.38. The molecular formula is C57H74N2O23. The van der Waals surface area contributed by atoms with Gasteiger partial charge in [0, 0.05) is 70.1 Å². The number of aliphatic hydroxyl groups excluding tert-OH is 1. The summed E-state index contributed by atoms with van der Waals surface area (Å²) < 4.78 is 72.4. The quantitative estimate of drug-likeness (QED) is 0.0491. The summed E-state index contributed by atoms with van der Waals surface area (Å²) >= 11 is 0. The molecule has 5 unspecified atom stereocenters. The van der Waals surface area contributed by atoms with Crippen LogP contribution in [0.5, 0.6) is 0 Å². The molecule has 4 heterocycles. The van der Waals surface area contributed by atoms with Crippen LogP contribution in [0.3, 0.4) is 0 Å². The molecule has 4 aliphatic heterocycles. The summed E-state index contributed by atoms with van der Waals surface area (Å²) in [5.41, 5.74) is -5.30. The molecule has 25 heteroatoms. The Balaban J connectivity index is 1.22. The largest absolute Gasteiger partial charge is 0.507 e. The van der Waals surface area contributed by atoms with Crippen molar-refractivity contribution in [3.63, 3.8) is 0 Å². The van der Waals surface area contributed by atoms with E-state index in [0.717, 1.165) is 27.9 Å². The SMILES string of the molecule is COC(=O)NC1[C@H](C)O[C@@H](O[C@H]2C/C=C(\C)[C@@H]3C=C[C@@H]4[C@@H](OC5(C)O[C@@H]6OC(COC(C)=O)[C@@H](OC(C)=O)C(OC(C)=O)[C@@H]6O5)[C@@H](C)C[C@H](C)[C@H]4[C@]3(C)C(=O)C3=C(O)[C@@]4(CC(C=O)=C[C@H](OC(C)=O)[C@H]4/C=C\2C)OC3=O)CC1(C)[N+](=O)[O-]. The van der Waals surface area contributed by atoms with Gasteiger partial charge in [0.15, 0.2) is 48.0 Å². The van der Waals surface area contributed by atoms with Crippen LogP contribution in [0.25, 0.3) is 0 Å². The predicted octanol–water partition coefficient (Wildman–Crippen LogP) is 5.04. The topological polar surface area (TPSA) is 323 Å². The zero-order valence-electron chi connectivity index (χ0n) is 48.2. The molecule has 450 valence electrons. The van der Waals surface area contributed by atoms with Crippen LogP contribution in [0.2, 0.25) is 0 Å². The summed E-state index contributed by atoms with van der Waals surface area (Å²) in [5, 5.41) is 28.3. The molecule has 4 fully saturated rings. The van der Waals surface area contributed by atoms with Gasteiger partial charge in [-0.05, 0) is 68.6 Å². The van der Waals surface area contributed by atoms with Gasteiger partial charge in [0.1, 0.15) is 36.7 Å². The number of carbonyl (C=O) groups excluding carboxylic acids is 8. The molecule has 4 aliphatic carbocycles. The lowest BCUT2D eigenvalue weighted by Gasteiger charge is -2.56. The fraction of sp³-hybridized carbons (Fsp3) is 0.684. The van der Waals surface area contributed by atoms with E-state index in [1.807, 2.05) is 39.0 Å². The molecule has 0 aromatic heterocycles. The lowest BCUT2D eigenvalue weighted by molar-refractivity contribution is -0.584. The minimum atomic E-state index is -2.20. The summed E-state index contributed by atoms with van der Waals surface area (Å²) in [7, 11) is 1.13. The number of fused-ring (bicyclic) bond motifs is 4. The Labute approximate surface area is 473 Å². The Morgan fingerprint density at radius 2 is 1.55 bits per heavy atom. The minimum absolute atomic E-state index is 0.00859. The highest BCUT2D eigenvalue weighted by molar-refractivity contribution is 6.21. The van der Waals surface area contributed by atoms with Gasteiger partial charge in [-0.25, -0.2) is 9.59 Å². The zero-order chi connectivity index (χ0) is 60.3. The first-order valence-corrected chi connectivity index (χ1v) is 27.5. The predicted molar refractivity (Wildman–Crippen MR) is 278 cm³/mol. The number of carbonyl (C=O) groups is 8. The van der Waals surface area contributed by atoms with Crippen molar-refractivity contribution in [3.8, 4) is 0 Å². The Morgan fingerprint density at radius 1 is 0.878 bits per heavy atom. The first kappa shape index (κ1) is 61.7. The molecule has 3 saturated heterocycles. The van der Waals surface area contributed by atoms with Crippen LogP contribution in [-0.4, -0.2) is 156 Å². The highest BCUT2D eigenvalue weighted by Gasteiger charge is 2.66. The smallest absolute Gasteiger partial charge is 0.407 e. The second kappa shape index (κ2) is 23.3. The van der Waals surface area contributed by atoms with Crippen LogP contribution in [0, 0.1) is 51.0 Å². The number of alkyl carbamates (subject to hydrolysis) is 1. The van der Waals surface area contributed by atoms with E-state index < -0.39 is 185 Å². The van der Waals surface area contributed by atoms with Gasteiger partial charge in [-0.2, -0.15) is 0 Å². The van der Waals surface area contributed by atoms with Gasteiger partial charge in [-0.1, -0.05) is 50.6 Å². The number of methoxy groups -OCH3 is 1. The number of rotatable bonds is 12. The number of ketones is 1. The van der Waals surface area contributed by atoms with E-state index in [4.69, 9.17) is 56.8 Å². The first-order chi connectivity index (χ1) is 38.4. The fourth-order valence-electron chi connectivity index (χ4n) is 14.2. The van der Waals surface area contributed by atoms with Crippen LogP contribution in [0.1, 0.15) is 109 Å². The molecule has 1 spiro atoms. The van der Waals surface area contributed by atoms with E-state index in [-0.39, 0.29) is 30.3 Å². The molecule has 2 N–H and O–H groups in total. The van der Waals surface area contributed by atoms with E-state index in [9.17, 15) is 48.8 Å². The highest BCUT2D eigenvalue weighted by atomic mass is 16.9. The third-order valence-electron chi connectivity index (χ3n) is 17.6. The van der Waals surface area contributed by atoms with Crippen molar-refractivity contribution in [2.45, 2.75) is 193 Å². The molecule has 82 heavy (non-hydrogen) atoms. The molecule has 1 saturated carbocycles. The van der Waals surface area contributed by atoms with Crippen LogP contribution in [0.15, 0.2) is 58.4 Å². The molecular weight excluding hydrogens is 1080 g/mol. The molecule has 0 aromatic carbocycles. The molecule has 1 amide bonds. The number of Topliss-reactive ketones (excluding diaryl/α,β-unsaturated/α-hetero) is 1. The number of aldehydes is 1. The van der Waals surface area contributed by atoms with Gasteiger partial charge in [-0.15, -0.1) is 0 Å².